The summed E-state index contributed by atoms with van der Waals surface area (Å²) in [4.78, 5) is 5.03. The maximum absolute atomic E-state index is 5.03. The highest BCUT2D eigenvalue weighted by atomic mass is 79.9. The molecular formula is C21H15Br3N2. The summed E-state index contributed by atoms with van der Waals surface area (Å²) in [5.41, 5.74) is 3.51. The van der Waals surface area contributed by atoms with Crippen LogP contribution in [-0.4, -0.2) is 5.84 Å². The average molecular weight is 535 g/mol. The van der Waals surface area contributed by atoms with E-state index >= 15 is 0 Å². The Morgan fingerprint density at radius 2 is 1.08 bits per heavy atom. The molecule has 0 aliphatic carbocycles. The van der Waals surface area contributed by atoms with E-state index in [1.54, 1.807) is 0 Å². The second kappa shape index (κ2) is 7.67. The number of halogens is 3. The highest BCUT2D eigenvalue weighted by Crippen LogP contribution is 2.37. The Morgan fingerprint density at radius 1 is 0.615 bits per heavy atom. The van der Waals surface area contributed by atoms with E-state index in [1.165, 1.54) is 11.1 Å². The van der Waals surface area contributed by atoms with Crippen molar-refractivity contribution < 1.29 is 0 Å². The van der Waals surface area contributed by atoms with Crippen LogP contribution >= 0.6 is 47.8 Å². The van der Waals surface area contributed by atoms with Crippen molar-refractivity contribution >= 4 is 53.6 Å². The number of hydrogen-bond donors (Lipinski definition) is 1. The van der Waals surface area contributed by atoms with Gasteiger partial charge in [-0.2, -0.15) is 0 Å². The normalized spacial score (nSPS) is 19.1. The molecule has 0 amide bonds. The minimum Gasteiger partial charge on any atom is -0.361 e. The Kier molecular flexibility index (Phi) is 5.30. The van der Waals surface area contributed by atoms with Crippen LogP contribution in [0, 0.1) is 0 Å². The van der Waals surface area contributed by atoms with E-state index in [2.05, 4.69) is 114 Å². The van der Waals surface area contributed by atoms with Crippen LogP contribution in [0.4, 0.5) is 0 Å². The van der Waals surface area contributed by atoms with E-state index in [1.807, 2.05) is 12.1 Å². The second-order valence-electron chi connectivity index (χ2n) is 6.15. The van der Waals surface area contributed by atoms with Crippen molar-refractivity contribution in [2.45, 2.75) is 12.1 Å². The summed E-state index contributed by atoms with van der Waals surface area (Å²) in [5, 5.41) is 3.63. The molecule has 26 heavy (non-hydrogen) atoms. The van der Waals surface area contributed by atoms with Crippen LogP contribution < -0.4 is 5.32 Å². The Bertz CT molecular complexity index is 933. The van der Waals surface area contributed by atoms with Crippen molar-refractivity contribution in [2.75, 3.05) is 0 Å². The van der Waals surface area contributed by atoms with Crippen LogP contribution in [0.2, 0.25) is 0 Å². The molecule has 0 fully saturated rings. The van der Waals surface area contributed by atoms with Crippen LogP contribution in [0.3, 0.4) is 0 Å². The number of nitrogens with one attached hydrogen (secondary N) is 1. The molecule has 4 rings (SSSR count). The van der Waals surface area contributed by atoms with Gasteiger partial charge in [-0.15, -0.1) is 0 Å². The fourth-order valence-electron chi connectivity index (χ4n) is 3.11. The van der Waals surface area contributed by atoms with Crippen LogP contribution in [0.25, 0.3) is 0 Å². The Hall–Kier alpha value is -1.43. The van der Waals surface area contributed by atoms with Gasteiger partial charge in [0.05, 0.1) is 6.04 Å². The van der Waals surface area contributed by atoms with E-state index in [9.17, 15) is 0 Å². The molecule has 1 aliphatic heterocycles. The summed E-state index contributed by atoms with van der Waals surface area (Å²) < 4.78 is 3.21. The maximum Gasteiger partial charge on any atom is 0.129 e. The Morgan fingerprint density at radius 3 is 1.62 bits per heavy atom. The summed E-state index contributed by atoms with van der Waals surface area (Å²) >= 11 is 10.5. The summed E-state index contributed by atoms with van der Waals surface area (Å²) in [6.07, 6.45) is 0. The van der Waals surface area contributed by atoms with Crippen LogP contribution in [-0.2, 0) is 0 Å². The first-order valence-corrected chi connectivity index (χ1v) is 10.6. The van der Waals surface area contributed by atoms with Gasteiger partial charge in [-0.1, -0.05) is 84.2 Å². The summed E-state index contributed by atoms with van der Waals surface area (Å²) in [6, 6.07) is 25.2. The van der Waals surface area contributed by atoms with Crippen molar-refractivity contribution in [1.29, 1.82) is 0 Å². The summed E-state index contributed by atoms with van der Waals surface area (Å²) in [5.74, 6) is 0.929. The first-order chi connectivity index (χ1) is 12.6. The van der Waals surface area contributed by atoms with Crippen molar-refractivity contribution in [3.63, 3.8) is 0 Å². The minimum absolute atomic E-state index is 0.0305. The zero-order chi connectivity index (χ0) is 18.1. The van der Waals surface area contributed by atoms with Crippen molar-refractivity contribution in [3.8, 4) is 0 Å². The third-order valence-electron chi connectivity index (χ3n) is 4.43. The molecule has 0 unspecified atom stereocenters. The lowest BCUT2D eigenvalue weighted by Gasteiger charge is -2.20. The highest BCUT2D eigenvalue weighted by Gasteiger charge is 2.31. The van der Waals surface area contributed by atoms with E-state index in [-0.39, 0.29) is 12.1 Å². The minimum atomic E-state index is 0.0305. The predicted molar refractivity (Wildman–Crippen MR) is 118 cm³/mol. The molecule has 0 saturated heterocycles. The molecule has 0 bridgehead atoms. The third kappa shape index (κ3) is 3.80. The van der Waals surface area contributed by atoms with E-state index < -0.39 is 0 Å². The summed E-state index contributed by atoms with van der Waals surface area (Å²) in [6.45, 7) is 0. The molecule has 0 aromatic heterocycles. The fraction of sp³-hybridized carbons (Fsp3) is 0.0952. The largest absolute Gasteiger partial charge is 0.361 e. The molecule has 0 saturated carbocycles. The number of benzene rings is 3. The first-order valence-electron chi connectivity index (χ1n) is 8.21. The molecule has 0 spiro atoms. The molecule has 1 N–H and O–H groups in total. The van der Waals surface area contributed by atoms with E-state index in [0.717, 1.165) is 24.8 Å². The highest BCUT2D eigenvalue weighted by molar-refractivity contribution is 9.11. The van der Waals surface area contributed by atoms with E-state index in [0.29, 0.717) is 0 Å². The molecule has 2 atom stereocenters. The quantitative estimate of drug-likeness (QED) is 0.392. The average Bonchev–Trinajstić information content (AvgIpc) is 3.09. The Labute approximate surface area is 178 Å². The van der Waals surface area contributed by atoms with Gasteiger partial charge in [0.25, 0.3) is 0 Å². The van der Waals surface area contributed by atoms with Gasteiger partial charge in [0.1, 0.15) is 11.9 Å². The monoisotopic (exact) mass is 532 g/mol. The lowest BCUT2D eigenvalue weighted by atomic mass is 9.95. The maximum atomic E-state index is 5.03. The van der Waals surface area contributed by atoms with E-state index in [4.69, 9.17) is 4.99 Å². The molecule has 1 heterocycles. The molecule has 5 heteroatoms. The second-order valence-corrected chi connectivity index (χ2v) is 8.90. The van der Waals surface area contributed by atoms with Crippen molar-refractivity contribution in [3.05, 3.63) is 103 Å². The SMILES string of the molecule is Brc1ccc(C2=N[C@@H](c3ccc(Br)cc3)[C@@H](c3ccc(Br)cc3)N2)cc1. The fourth-order valence-corrected chi connectivity index (χ4v) is 3.90. The van der Waals surface area contributed by atoms with Crippen LogP contribution in [0.1, 0.15) is 28.8 Å². The van der Waals surface area contributed by atoms with Gasteiger partial charge >= 0.3 is 0 Å². The topological polar surface area (TPSA) is 24.4 Å². The number of amidine groups is 1. The Balaban J connectivity index is 1.74. The number of rotatable bonds is 3. The molecular weight excluding hydrogens is 520 g/mol. The molecule has 130 valence electrons. The van der Waals surface area contributed by atoms with Gasteiger partial charge in [-0.05, 0) is 47.5 Å². The van der Waals surface area contributed by atoms with Gasteiger partial charge in [-0.3, -0.25) is 4.99 Å². The van der Waals surface area contributed by atoms with Crippen molar-refractivity contribution in [1.82, 2.24) is 5.32 Å². The van der Waals surface area contributed by atoms with Crippen LogP contribution in [0.5, 0.6) is 0 Å². The zero-order valence-corrected chi connectivity index (χ0v) is 18.4. The van der Waals surface area contributed by atoms with Gasteiger partial charge in [0.15, 0.2) is 0 Å². The van der Waals surface area contributed by atoms with Crippen molar-refractivity contribution in [2.24, 2.45) is 4.99 Å². The van der Waals surface area contributed by atoms with Crippen LogP contribution in [0.15, 0.2) is 91.2 Å². The molecule has 2 nitrogen and oxygen atoms in total. The number of hydrogen-bond acceptors (Lipinski definition) is 2. The third-order valence-corrected chi connectivity index (χ3v) is 6.02. The number of nitrogens with zero attached hydrogens (tertiary/aromatic N) is 1. The molecule has 1 aliphatic rings. The van der Waals surface area contributed by atoms with Gasteiger partial charge in [0, 0.05) is 19.0 Å². The van der Waals surface area contributed by atoms with Gasteiger partial charge < -0.3 is 5.32 Å². The van der Waals surface area contributed by atoms with Gasteiger partial charge in [-0.25, -0.2) is 0 Å². The molecule has 3 aromatic carbocycles. The molecule has 0 radical (unpaired) electrons. The smallest absolute Gasteiger partial charge is 0.129 e. The molecule has 3 aromatic rings. The predicted octanol–water partition coefficient (Wildman–Crippen LogP) is 6.81. The lowest BCUT2D eigenvalue weighted by Crippen LogP contribution is -2.25. The standard InChI is InChI=1S/C21H15Br3N2/c22-16-7-1-13(2-8-16)19-20(14-3-9-17(23)10-4-14)26-21(25-19)15-5-11-18(24)12-6-15/h1-12,19-20H,(H,25,26)/t19-,20+. The summed E-state index contributed by atoms with van der Waals surface area (Å²) in [7, 11) is 0. The number of aliphatic imine (C=N–C) groups is 1. The first kappa shape index (κ1) is 18.0. The lowest BCUT2D eigenvalue weighted by molar-refractivity contribution is 0.572. The van der Waals surface area contributed by atoms with Gasteiger partial charge in [0.2, 0.25) is 0 Å². The zero-order valence-electron chi connectivity index (χ0n) is 13.7.